The average Bonchev–Trinajstić information content (AvgIpc) is 3.20. The Morgan fingerprint density at radius 2 is 2.15 bits per heavy atom. The number of hydrogen-bond donors (Lipinski definition) is 1. The summed E-state index contributed by atoms with van der Waals surface area (Å²) in [6.07, 6.45) is 2.78. The Kier molecular flexibility index (Phi) is 7.48. The first-order chi connectivity index (χ1) is 12.4. The summed E-state index contributed by atoms with van der Waals surface area (Å²) >= 11 is 13.7. The van der Waals surface area contributed by atoms with Crippen LogP contribution in [-0.2, 0) is 23.4 Å². The Bertz CT molecular complexity index is 894. The molecule has 2 heterocycles. The molecule has 2 aromatic heterocycles. The number of thiazole rings is 1. The fourth-order valence-corrected chi connectivity index (χ4v) is 3.55. The van der Waals surface area contributed by atoms with Gasteiger partial charge >= 0.3 is 0 Å². The predicted octanol–water partition coefficient (Wildman–Crippen LogP) is 3.25. The molecule has 3 rings (SSSR count). The number of benzene rings is 1. The minimum atomic E-state index is -1.55. The van der Waals surface area contributed by atoms with Crippen molar-refractivity contribution in [3.8, 4) is 0 Å². The molecule has 1 N–H and O–H groups in total. The molecule has 6 nitrogen and oxygen atoms in total. The van der Waals surface area contributed by atoms with E-state index >= 15 is 0 Å². The second-order valence-corrected chi connectivity index (χ2v) is 7.68. The van der Waals surface area contributed by atoms with Crippen molar-refractivity contribution >= 4 is 51.2 Å². The van der Waals surface area contributed by atoms with Crippen LogP contribution in [0.3, 0.4) is 0 Å². The first-order valence-corrected chi connectivity index (χ1v) is 9.80. The summed E-state index contributed by atoms with van der Waals surface area (Å²) in [5.41, 5.74) is 1.86. The number of nitrogens with zero attached hydrogens (tertiary/aromatic N) is 4. The van der Waals surface area contributed by atoms with E-state index in [1.54, 1.807) is 23.5 Å². The van der Waals surface area contributed by atoms with Gasteiger partial charge in [-0.3, -0.25) is 0 Å². The van der Waals surface area contributed by atoms with E-state index in [0.717, 1.165) is 11.1 Å². The highest BCUT2D eigenvalue weighted by atomic mass is 35.5. The van der Waals surface area contributed by atoms with Crippen LogP contribution in [0, 0.1) is 13.8 Å². The fraction of sp³-hybridized carbons (Fsp3) is 0.250. The second-order valence-electron chi connectivity index (χ2n) is 5.35. The van der Waals surface area contributed by atoms with Crippen LogP contribution in [0.1, 0.15) is 16.1 Å². The lowest BCUT2D eigenvalue weighted by Gasteiger charge is -2.24. The first kappa shape index (κ1) is 20.7. The van der Waals surface area contributed by atoms with Crippen LogP contribution < -0.4 is 0 Å². The Labute approximate surface area is 168 Å². The largest absolute Gasteiger partial charge is 0.378 e. The van der Waals surface area contributed by atoms with Crippen molar-refractivity contribution in [3.05, 3.63) is 62.5 Å². The molecule has 0 saturated carbocycles. The first-order valence-electron chi connectivity index (χ1n) is 7.35. The van der Waals surface area contributed by atoms with E-state index in [1.807, 2.05) is 12.4 Å². The Morgan fingerprint density at radius 3 is 2.62 bits per heavy atom. The maximum atomic E-state index is 10.8. The van der Waals surface area contributed by atoms with E-state index in [9.17, 15) is 9.32 Å². The second kappa shape index (κ2) is 9.38. The maximum Gasteiger partial charge on any atom is 0.141 e. The molecule has 0 aliphatic carbocycles. The quantitative estimate of drug-likeness (QED) is 0.642. The minimum absolute atomic E-state index is 0.0313. The van der Waals surface area contributed by atoms with Gasteiger partial charge in [0.1, 0.15) is 18.3 Å². The summed E-state index contributed by atoms with van der Waals surface area (Å²) in [5.74, 6) is 0. The topological polar surface area (TPSA) is 80.9 Å². The molecule has 0 aliphatic heterocycles. The molecule has 0 aliphatic rings. The Morgan fingerprint density at radius 1 is 1.38 bits per heavy atom. The molecule has 1 atom stereocenters. The molecule has 138 valence electrons. The Balaban J connectivity index is 0.000000290. The molecule has 1 unspecified atom stereocenters. The lowest BCUT2D eigenvalue weighted by molar-refractivity contribution is 0.0940. The van der Waals surface area contributed by atoms with Gasteiger partial charge in [-0.15, -0.1) is 11.3 Å². The van der Waals surface area contributed by atoms with Crippen LogP contribution in [-0.4, -0.2) is 34.4 Å². The van der Waals surface area contributed by atoms with E-state index in [-0.39, 0.29) is 22.8 Å². The van der Waals surface area contributed by atoms with E-state index in [4.69, 9.17) is 23.2 Å². The van der Waals surface area contributed by atoms with Crippen LogP contribution in [0.2, 0.25) is 10.0 Å². The summed E-state index contributed by atoms with van der Waals surface area (Å²) in [6.45, 7) is 4.13. The van der Waals surface area contributed by atoms with E-state index < -0.39 is 5.60 Å². The van der Waals surface area contributed by atoms with Crippen molar-refractivity contribution in [2.24, 2.45) is 0 Å². The normalized spacial score (nSPS) is 12.7. The van der Waals surface area contributed by atoms with Crippen LogP contribution >= 0.6 is 34.5 Å². The van der Waals surface area contributed by atoms with Gasteiger partial charge in [-0.05, 0) is 26.0 Å². The van der Waals surface area contributed by atoms with Crippen molar-refractivity contribution in [1.29, 1.82) is 0 Å². The van der Waals surface area contributed by atoms with Gasteiger partial charge in [0.25, 0.3) is 0 Å². The van der Waals surface area contributed by atoms with E-state index in [1.165, 1.54) is 28.3 Å². The smallest absolute Gasteiger partial charge is 0.141 e. The SMILES string of the molecule is Cc1ncsc1C.O=S=CC(O)(Cn1cncn1)c1ccc(Cl)cc1Cl. The van der Waals surface area contributed by atoms with Gasteiger partial charge in [0, 0.05) is 25.9 Å². The van der Waals surface area contributed by atoms with E-state index in [2.05, 4.69) is 22.0 Å². The number of halogens is 2. The van der Waals surface area contributed by atoms with Gasteiger partial charge in [0.2, 0.25) is 0 Å². The third kappa shape index (κ3) is 5.46. The molecule has 0 fully saturated rings. The minimum Gasteiger partial charge on any atom is -0.378 e. The highest BCUT2D eigenvalue weighted by molar-refractivity contribution is 7.65. The van der Waals surface area contributed by atoms with Gasteiger partial charge in [-0.1, -0.05) is 29.3 Å². The third-order valence-electron chi connectivity index (χ3n) is 3.50. The summed E-state index contributed by atoms with van der Waals surface area (Å²) in [5, 5.41) is 16.4. The molecule has 3 aromatic rings. The maximum absolute atomic E-state index is 10.8. The summed E-state index contributed by atoms with van der Waals surface area (Å²) < 4.78 is 12.2. The predicted molar refractivity (Wildman–Crippen MR) is 106 cm³/mol. The molecule has 1 aromatic carbocycles. The summed E-state index contributed by atoms with van der Waals surface area (Å²) in [7, 11) is 0. The van der Waals surface area contributed by atoms with Gasteiger partial charge in [0.05, 0.1) is 29.0 Å². The van der Waals surface area contributed by atoms with Crippen molar-refractivity contribution in [2.75, 3.05) is 0 Å². The molecule has 0 amide bonds. The van der Waals surface area contributed by atoms with Crippen molar-refractivity contribution in [3.63, 3.8) is 0 Å². The molecule has 10 heteroatoms. The highest BCUT2D eigenvalue weighted by Crippen LogP contribution is 2.30. The van der Waals surface area contributed by atoms with Crippen molar-refractivity contribution in [2.45, 2.75) is 26.0 Å². The molecule has 0 saturated heterocycles. The van der Waals surface area contributed by atoms with Gasteiger partial charge in [0.15, 0.2) is 0 Å². The van der Waals surface area contributed by atoms with Crippen molar-refractivity contribution in [1.82, 2.24) is 19.7 Å². The van der Waals surface area contributed by atoms with Crippen molar-refractivity contribution < 1.29 is 9.32 Å². The zero-order valence-corrected chi connectivity index (χ0v) is 17.1. The summed E-state index contributed by atoms with van der Waals surface area (Å²) in [4.78, 5) is 9.14. The molecule has 0 bridgehead atoms. The average molecular weight is 431 g/mol. The number of aryl methyl sites for hydroxylation is 2. The third-order valence-corrected chi connectivity index (χ3v) is 5.39. The summed E-state index contributed by atoms with van der Waals surface area (Å²) in [6, 6.07) is 4.68. The fourth-order valence-electron chi connectivity index (χ4n) is 2.03. The van der Waals surface area contributed by atoms with Crippen LogP contribution in [0.4, 0.5) is 0 Å². The van der Waals surface area contributed by atoms with E-state index in [0.29, 0.717) is 10.6 Å². The van der Waals surface area contributed by atoms with Gasteiger partial charge in [-0.2, -0.15) is 5.10 Å². The number of rotatable bonds is 4. The molecule has 0 spiro atoms. The zero-order valence-electron chi connectivity index (χ0n) is 14.0. The number of aromatic nitrogens is 4. The zero-order chi connectivity index (χ0) is 19.2. The lowest BCUT2D eigenvalue weighted by atomic mass is 9.96. The van der Waals surface area contributed by atoms with Crippen LogP contribution in [0.25, 0.3) is 0 Å². The Hall–Kier alpha value is -1.58. The van der Waals surface area contributed by atoms with Gasteiger partial charge < -0.3 is 5.11 Å². The van der Waals surface area contributed by atoms with Crippen LogP contribution in [0.15, 0.2) is 36.4 Å². The highest BCUT2D eigenvalue weighted by Gasteiger charge is 2.30. The standard InChI is InChI=1S/C11H9Cl2N3O2S.C5H7NS/c12-8-1-2-9(10(13)3-8)11(17,5-19-18)4-16-7-14-6-15-16;1-4-5(2)7-3-6-4/h1-3,5-7,17H,4H2;3H,1-2H3. The number of aliphatic hydroxyl groups is 1. The monoisotopic (exact) mass is 430 g/mol. The molecule has 0 radical (unpaired) electrons. The molecule has 26 heavy (non-hydrogen) atoms. The van der Waals surface area contributed by atoms with Gasteiger partial charge in [-0.25, -0.2) is 18.9 Å². The molecular weight excluding hydrogens is 415 g/mol. The van der Waals surface area contributed by atoms with Crippen LogP contribution in [0.5, 0.6) is 0 Å². The lowest BCUT2D eigenvalue weighted by Crippen LogP contribution is -2.33. The number of hydrogen-bond acceptors (Lipinski definition) is 6. The molecular formula is C16H16Cl2N4O2S2.